The second kappa shape index (κ2) is 7.34. The lowest BCUT2D eigenvalue weighted by molar-refractivity contribution is 0.133. The normalized spacial score (nSPS) is 28.4. The summed E-state index contributed by atoms with van der Waals surface area (Å²) < 4.78 is 27.8. The first-order valence-corrected chi connectivity index (χ1v) is 9.82. The van der Waals surface area contributed by atoms with E-state index in [9.17, 15) is 8.78 Å². The molecule has 2 heteroatoms. The lowest BCUT2D eigenvalue weighted by atomic mass is 9.64. The number of benzene rings is 2. The SMILES string of the molecule is C=CC1CCC2CC(c3ccc(-c4ccc(F)cc4)c(F)c3)CCC2C1. The van der Waals surface area contributed by atoms with Crippen molar-refractivity contribution >= 4 is 0 Å². The van der Waals surface area contributed by atoms with Crippen molar-refractivity contribution in [3.05, 3.63) is 72.3 Å². The summed E-state index contributed by atoms with van der Waals surface area (Å²) in [5, 5.41) is 0. The first-order chi connectivity index (χ1) is 12.6. The van der Waals surface area contributed by atoms with Gasteiger partial charge in [-0.1, -0.05) is 30.3 Å². The molecule has 2 fully saturated rings. The fraction of sp³-hybridized carbons (Fsp3) is 0.417. The summed E-state index contributed by atoms with van der Waals surface area (Å²) in [6.45, 7) is 3.97. The summed E-state index contributed by atoms with van der Waals surface area (Å²) >= 11 is 0. The molecule has 2 aromatic carbocycles. The van der Waals surface area contributed by atoms with Crippen LogP contribution in [0.3, 0.4) is 0 Å². The summed E-state index contributed by atoms with van der Waals surface area (Å²) in [5.41, 5.74) is 2.40. The van der Waals surface area contributed by atoms with Crippen LogP contribution in [0.25, 0.3) is 11.1 Å². The second-order valence-electron chi connectivity index (χ2n) is 8.09. The largest absolute Gasteiger partial charge is 0.207 e. The summed E-state index contributed by atoms with van der Waals surface area (Å²) in [5.74, 6) is 2.27. The van der Waals surface area contributed by atoms with E-state index in [4.69, 9.17) is 0 Å². The van der Waals surface area contributed by atoms with Gasteiger partial charge in [-0.3, -0.25) is 0 Å². The molecule has 0 nitrogen and oxygen atoms in total. The van der Waals surface area contributed by atoms with E-state index < -0.39 is 0 Å². The molecule has 2 saturated carbocycles. The van der Waals surface area contributed by atoms with Crippen LogP contribution in [0.2, 0.25) is 0 Å². The lowest BCUT2D eigenvalue weighted by Crippen LogP contribution is -2.29. The highest BCUT2D eigenvalue weighted by molar-refractivity contribution is 5.64. The molecule has 0 aliphatic heterocycles. The van der Waals surface area contributed by atoms with Crippen LogP contribution >= 0.6 is 0 Å². The molecule has 26 heavy (non-hydrogen) atoms. The van der Waals surface area contributed by atoms with Crippen molar-refractivity contribution in [2.75, 3.05) is 0 Å². The number of rotatable bonds is 3. The van der Waals surface area contributed by atoms with Crippen molar-refractivity contribution in [3.63, 3.8) is 0 Å². The summed E-state index contributed by atoms with van der Waals surface area (Å²) in [7, 11) is 0. The molecular weight excluding hydrogens is 326 g/mol. The van der Waals surface area contributed by atoms with Gasteiger partial charge in [-0.05, 0) is 91.5 Å². The zero-order valence-electron chi connectivity index (χ0n) is 15.1. The molecule has 136 valence electrons. The Labute approximate surface area is 154 Å². The molecule has 0 heterocycles. The Hall–Kier alpha value is -1.96. The van der Waals surface area contributed by atoms with Crippen LogP contribution in [0.1, 0.15) is 50.0 Å². The number of hydrogen-bond acceptors (Lipinski definition) is 0. The van der Waals surface area contributed by atoms with Crippen LogP contribution in [-0.2, 0) is 0 Å². The minimum Gasteiger partial charge on any atom is -0.207 e. The standard InChI is InChI=1S/C24H26F2/c1-2-16-3-4-19-14-20(6-5-18(19)13-16)21-9-12-23(24(26)15-21)17-7-10-22(25)11-8-17/h2,7-12,15-16,18-20H,1,3-6,13-14H2. The molecule has 4 rings (SSSR count). The molecule has 0 aromatic heterocycles. The van der Waals surface area contributed by atoms with Crippen molar-refractivity contribution in [3.8, 4) is 11.1 Å². The van der Waals surface area contributed by atoms with E-state index in [-0.39, 0.29) is 11.6 Å². The molecule has 4 unspecified atom stereocenters. The van der Waals surface area contributed by atoms with Gasteiger partial charge in [0.1, 0.15) is 11.6 Å². The van der Waals surface area contributed by atoms with Crippen LogP contribution in [0.4, 0.5) is 8.78 Å². The van der Waals surface area contributed by atoms with Crippen LogP contribution < -0.4 is 0 Å². The number of halogens is 2. The molecule has 0 saturated heterocycles. The van der Waals surface area contributed by atoms with E-state index in [0.717, 1.165) is 29.4 Å². The topological polar surface area (TPSA) is 0 Å². The van der Waals surface area contributed by atoms with E-state index in [1.807, 2.05) is 6.07 Å². The highest BCUT2D eigenvalue weighted by Gasteiger charge is 2.35. The average molecular weight is 352 g/mol. The minimum absolute atomic E-state index is 0.202. The third-order valence-electron chi connectivity index (χ3n) is 6.61. The van der Waals surface area contributed by atoms with Crippen LogP contribution in [0, 0.1) is 29.4 Å². The molecule has 2 aliphatic carbocycles. The van der Waals surface area contributed by atoms with Crippen LogP contribution in [-0.4, -0.2) is 0 Å². The highest BCUT2D eigenvalue weighted by atomic mass is 19.1. The van der Waals surface area contributed by atoms with Gasteiger partial charge in [0.15, 0.2) is 0 Å². The van der Waals surface area contributed by atoms with Crippen LogP contribution in [0.5, 0.6) is 0 Å². The smallest absolute Gasteiger partial charge is 0.131 e. The predicted octanol–water partition coefficient (Wildman–Crippen LogP) is 7.12. The summed E-state index contributed by atoms with van der Waals surface area (Å²) in [4.78, 5) is 0. The maximum Gasteiger partial charge on any atom is 0.131 e. The maximum atomic E-state index is 14.7. The number of fused-ring (bicyclic) bond motifs is 1. The van der Waals surface area contributed by atoms with Gasteiger partial charge in [-0.15, -0.1) is 6.58 Å². The van der Waals surface area contributed by atoms with Gasteiger partial charge in [0, 0.05) is 5.56 Å². The van der Waals surface area contributed by atoms with Crippen molar-refractivity contribution in [2.45, 2.75) is 44.4 Å². The van der Waals surface area contributed by atoms with E-state index in [1.165, 1.54) is 44.2 Å². The number of allylic oxidation sites excluding steroid dienone is 1. The predicted molar refractivity (Wildman–Crippen MR) is 103 cm³/mol. The zero-order valence-corrected chi connectivity index (χ0v) is 15.1. The van der Waals surface area contributed by atoms with Crippen molar-refractivity contribution in [1.29, 1.82) is 0 Å². The van der Waals surface area contributed by atoms with Crippen LogP contribution in [0.15, 0.2) is 55.1 Å². The van der Waals surface area contributed by atoms with Crippen molar-refractivity contribution in [2.24, 2.45) is 17.8 Å². The first kappa shape index (κ1) is 17.5. The van der Waals surface area contributed by atoms with Gasteiger partial charge in [0.25, 0.3) is 0 Å². The summed E-state index contributed by atoms with van der Waals surface area (Å²) in [6.07, 6.45) is 9.55. The quantitative estimate of drug-likeness (QED) is 0.516. The van der Waals surface area contributed by atoms with Crippen molar-refractivity contribution in [1.82, 2.24) is 0 Å². The van der Waals surface area contributed by atoms with E-state index >= 15 is 0 Å². The van der Waals surface area contributed by atoms with E-state index in [1.54, 1.807) is 18.2 Å². The van der Waals surface area contributed by atoms with E-state index in [0.29, 0.717) is 17.4 Å². The van der Waals surface area contributed by atoms with Gasteiger partial charge in [-0.25, -0.2) is 8.78 Å². The average Bonchev–Trinajstić information content (AvgIpc) is 2.68. The lowest BCUT2D eigenvalue weighted by Gasteiger charge is -2.41. The second-order valence-corrected chi connectivity index (χ2v) is 8.09. The third-order valence-corrected chi connectivity index (χ3v) is 6.61. The highest BCUT2D eigenvalue weighted by Crippen LogP contribution is 2.48. The minimum atomic E-state index is -0.297. The van der Waals surface area contributed by atoms with Gasteiger partial charge < -0.3 is 0 Å². The van der Waals surface area contributed by atoms with Gasteiger partial charge in [-0.2, -0.15) is 0 Å². The van der Waals surface area contributed by atoms with E-state index in [2.05, 4.69) is 18.7 Å². The Balaban J connectivity index is 1.50. The molecule has 2 aliphatic rings. The molecule has 4 atom stereocenters. The fourth-order valence-corrected chi connectivity index (χ4v) is 5.09. The Morgan fingerprint density at radius 1 is 0.846 bits per heavy atom. The molecule has 0 bridgehead atoms. The molecule has 0 spiro atoms. The Morgan fingerprint density at radius 3 is 2.31 bits per heavy atom. The molecular formula is C24H26F2. The molecule has 2 aromatic rings. The molecule has 0 radical (unpaired) electrons. The monoisotopic (exact) mass is 352 g/mol. The molecule has 0 amide bonds. The maximum absolute atomic E-state index is 14.7. The molecule has 0 N–H and O–H groups in total. The van der Waals surface area contributed by atoms with Gasteiger partial charge in [0.2, 0.25) is 0 Å². The zero-order chi connectivity index (χ0) is 18.1. The fourth-order valence-electron chi connectivity index (χ4n) is 5.09. The Morgan fingerprint density at radius 2 is 1.58 bits per heavy atom. The summed E-state index contributed by atoms with van der Waals surface area (Å²) in [6, 6.07) is 11.7. The van der Waals surface area contributed by atoms with Gasteiger partial charge in [0.05, 0.1) is 0 Å². The first-order valence-electron chi connectivity index (χ1n) is 9.82. The number of hydrogen-bond donors (Lipinski definition) is 0. The third kappa shape index (κ3) is 3.47. The Kier molecular flexibility index (Phi) is 4.93. The van der Waals surface area contributed by atoms with Crippen molar-refractivity contribution < 1.29 is 8.78 Å². The van der Waals surface area contributed by atoms with Gasteiger partial charge >= 0.3 is 0 Å². The Bertz CT molecular complexity index is 777.